The Balaban J connectivity index is 1.55. The van der Waals surface area contributed by atoms with E-state index in [0.717, 1.165) is 17.0 Å². The standard InChI is InChI=1S/C19H22N2O3S/c1-2-13-24-16-7-5-15(6-8-16)18(22)20-9-11-21(12-10-20)19(23)17-4-3-14-25-17/h3-8,14H,2,9-13H2,1H3. The Morgan fingerprint density at radius 3 is 2.20 bits per heavy atom. The zero-order valence-electron chi connectivity index (χ0n) is 14.3. The number of hydrogen-bond donors (Lipinski definition) is 0. The van der Waals surface area contributed by atoms with E-state index in [9.17, 15) is 9.59 Å². The van der Waals surface area contributed by atoms with Crippen LogP contribution in [-0.4, -0.2) is 54.4 Å². The normalized spacial score (nSPS) is 14.4. The van der Waals surface area contributed by atoms with E-state index >= 15 is 0 Å². The van der Waals surface area contributed by atoms with E-state index in [2.05, 4.69) is 6.92 Å². The summed E-state index contributed by atoms with van der Waals surface area (Å²) in [6, 6.07) is 11.0. The second-order valence-electron chi connectivity index (χ2n) is 5.93. The van der Waals surface area contributed by atoms with Gasteiger partial charge in [-0.15, -0.1) is 11.3 Å². The van der Waals surface area contributed by atoms with Crippen LogP contribution >= 0.6 is 11.3 Å². The average molecular weight is 358 g/mol. The van der Waals surface area contributed by atoms with E-state index < -0.39 is 0 Å². The van der Waals surface area contributed by atoms with Gasteiger partial charge in [0.2, 0.25) is 0 Å². The third kappa shape index (κ3) is 4.20. The van der Waals surface area contributed by atoms with Crippen molar-refractivity contribution in [2.75, 3.05) is 32.8 Å². The van der Waals surface area contributed by atoms with E-state index in [4.69, 9.17) is 4.74 Å². The average Bonchev–Trinajstić information content (AvgIpc) is 3.20. The van der Waals surface area contributed by atoms with Crippen molar-refractivity contribution in [3.63, 3.8) is 0 Å². The Morgan fingerprint density at radius 2 is 1.64 bits per heavy atom. The van der Waals surface area contributed by atoms with Crippen LogP contribution in [0.3, 0.4) is 0 Å². The van der Waals surface area contributed by atoms with Gasteiger partial charge in [0, 0.05) is 31.7 Å². The smallest absolute Gasteiger partial charge is 0.264 e. The van der Waals surface area contributed by atoms with Crippen LogP contribution in [0, 0.1) is 0 Å². The number of carbonyl (C=O) groups is 2. The van der Waals surface area contributed by atoms with Crippen LogP contribution in [0.2, 0.25) is 0 Å². The first kappa shape index (κ1) is 17.5. The summed E-state index contributed by atoms with van der Waals surface area (Å²) in [5.41, 5.74) is 0.655. The molecule has 1 saturated heterocycles. The Kier molecular flexibility index (Phi) is 5.71. The van der Waals surface area contributed by atoms with Gasteiger partial charge in [0.25, 0.3) is 11.8 Å². The van der Waals surface area contributed by atoms with Crippen molar-refractivity contribution in [3.8, 4) is 5.75 Å². The topological polar surface area (TPSA) is 49.9 Å². The summed E-state index contributed by atoms with van der Waals surface area (Å²) in [6.07, 6.45) is 0.954. The molecule has 1 fully saturated rings. The molecule has 0 radical (unpaired) electrons. The van der Waals surface area contributed by atoms with Gasteiger partial charge < -0.3 is 14.5 Å². The maximum Gasteiger partial charge on any atom is 0.264 e. The third-order valence-electron chi connectivity index (χ3n) is 4.16. The molecule has 0 unspecified atom stereocenters. The first-order valence-corrected chi connectivity index (χ1v) is 9.42. The predicted molar refractivity (Wildman–Crippen MR) is 98.4 cm³/mol. The largest absolute Gasteiger partial charge is 0.494 e. The Labute approximate surface area is 151 Å². The van der Waals surface area contributed by atoms with Crippen molar-refractivity contribution >= 4 is 23.2 Å². The van der Waals surface area contributed by atoms with Crippen molar-refractivity contribution in [2.24, 2.45) is 0 Å². The van der Waals surface area contributed by atoms with Gasteiger partial charge in [0.1, 0.15) is 5.75 Å². The highest BCUT2D eigenvalue weighted by molar-refractivity contribution is 7.12. The molecule has 2 amide bonds. The lowest BCUT2D eigenvalue weighted by Gasteiger charge is -2.34. The molecule has 3 rings (SSSR count). The number of benzene rings is 1. The van der Waals surface area contributed by atoms with Crippen LogP contribution in [0.4, 0.5) is 0 Å². The van der Waals surface area contributed by atoms with Gasteiger partial charge in [0.15, 0.2) is 0 Å². The maximum absolute atomic E-state index is 12.6. The lowest BCUT2D eigenvalue weighted by Crippen LogP contribution is -2.50. The van der Waals surface area contributed by atoms with E-state index in [1.165, 1.54) is 11.3 Å². The van der Waals surface area contributed by atoms with Gasteiger partial charge in [0.05, 0.1) is 11.5 Å². The van der Waals surface area contributed by atoms with Crippen LogP contribution < -0.4 is 4.74 Å². The molecule has 0 bridgehead atoms. The summed E-state index contributed by atoms with van der Waals surface area (Å²) >= 11 is 1.45. The minimum Gasteiger partial charge on any atom is -0.494 e. The monoisotopic (exact) mass is 358 g/mol. The van der Waals surface area contributed by atoms with Gasteiger partial charge in [-0.1, -0.05) is 13.0 Å². The van der Waals surface area contributed by atoms with Gasteiger partial charge >= 0.3 is 0 Å². The first-order valence-electron chi connectivity index (χ1n) is 8.54. The molecule has 1 aliphatic rings. The van der Waals surface area contributed by atoms with Crippen LogP contribution in [0.15, 0.2) is 41.8 Å². The van der Waals surface area contributed by atoms with Crippen molar-refractivity contribution in [1.82, 2.24) is 9.80 Å². The second-order valence-corrected chi connectivity index (χ2v) is 6.88. The minimum atomic E-state index is 0.00487. The second kappa shape index (κ2) is 8.16. The SMILES string of the molecule is CCCOc1ccc(C(=O)N2CCN(C(=O)c3cccs3)CC2)cc1. The highest BCUT2D eigenvalue weighted by atomic mass is 32.1. The number of nitrogens with zero attached hydrogens (tertiary/aromatic N) is 2. The summed E-state index contributed by atoms with van der Waals surface area (Å²) in [5, 5.41) is 1.90. The molecule has 6 heteroatoms. The number of carbonyl (C=O) groups excluding carboxylic acids is 2. The molecule has 25 heavy (non-hydrogen) atoms. The number of amides is 2. The van der Waals surface area contributed by atoms with Crippen molar-refractivity contribution < 1.29 is 14.3 Å². The van der Waals surface area contributed by atoms with Crippen LogP contribution in [0.1, 0.15) is 33.4 Å². The predicted octanol–water partition coefficient (Wildman–Crippen LogP) is 3.14. The molecule has 2 heterocycles. The zero-order valence-corrected chi connectivity index (χ0v) is 15.1. The molecular weight excluding hydrogens is 336 g/mol. The number of ether oxygens (including phenoxy) is 1. The van der Waals surface area contributed by atoms with Crippen molar-refractivity contribution in [2.45, 2.75) is 13.3 Å². The quantitative estimate of drug-likeness (QED) is 0.825. The summed E-state index contributed by atoms with van der Waals surface area (Å²) in [6.45, 7) is 4.99. The Bertz CT molecular complexity index is 705. The number of thiophene rings is 1. The number of hydrogen-bond acceptors (Lipinski definition) is 4. The van der Waals surface area contributed by atoms with Crippen molar-refractivity contribution in [3.05, 3.63) is 52.2 Å². The highest BCUT2D eigenvalue weighted by Crippen LogP contribution is 2.17. The fourth-order valence-corrected chi connectivity index (χ4v) is 3.46. The highest BCUT2D eigenvalue weighted by Gasteiger charge is 2.25. The molecule has 0 N–H and O–H groups in total. The molecular formula is C19H22N2O3S. The maximum atomic E-state index is 12.6. The molecule has 1 aromatic heterocycles. The van der Waals surface area contributed by atoms with Crippen LogP contribution in [0.25, 0.3) is 0 Å². The molecule has 132 valence electrons. The molecule has 2 aromatic rings. The fraction of sp³-hybridized carbons (Fsp3) is 0.368. The van der Waals surface area contributed by atoms with Crippen LogP contribution in [-0.2, 0) is 0 Å². The minimum absolute atomic E-state index is 0.00487. The summed E-state index contributed by atoms with van der Waals surface area (Å²) in [5.74, 6) is 0.842. The molecule has 0 aliphatic carbocycles. The van der Waals surface area contributed by atoms with Gasteiger partial charge in [-0.05, 0) is 42.1 Å². The molecule has 1 aliphatic heterocycles. The van der Waals surface area contributed by atoms with Gasteiger partial charge in [-0.2, -0.15) is 0 Å². The Hall–Kier alpha value is -2.34. The van der Waals surface area contributed by atoms with Gasteiger partial charge in [-0.25, -0.2) is 0 Å². The van der Waals surface area contributed by atoms with Crippen LogP contribution in [0.5, 0.6) is 5.75 Å². The first-order chi connectivity index (χ1) is 12.2. The van der Waals surface area contributed by atoms with Crippen molar-refractivity contribution in [1.29, 1.82) is 0 Å². The summed E-state index contributed by atoms with van der Waals surface area (Å²) < 4.78 is 5.54. The fourth-order valence-electron chi connectivity index (χ4n) is 2.76. The summed E-state index contributed by atoms with van der Waals surface area (Å²) in [7, 11) is 0. The van der Waals surface area contributed by atoms with E-state index in [0.29, 0.717) is 38.3 Å². The zero-order chi connectivity index (χ0) is 17.6. The third-order valence-corrected chi connectivity index (χ3v) is 5.02. The molecule has 1 aromatic carbocycles. The molecule has 0 atom stereocenters. The number of piperazine rings is 1. The van der Waals surface area contributed by atoms with Gasteiger partial charge in [-0.3, -0.25) is 9.59 Å². The lowest BCUT2D eigenvalue weighted by atomic mass is 10.1. The lowest BCUT2D eigenvalue weighted by molar-refractivity contribution is 0.0538. The molecule has 0 saturated carbocycles. The molecule has 0 spiro atoms. The Morgan fingerprint density at radius 1 is 1.00 bits per heavy atom. The van der Waals surface area contributed by atoms with E-state index in [-0.39, 0.29) is 11.8 Å². The van der Waals surface area contributed by atoms with E-state index in [1.807, 2.05) is 34.5 Å². The number of rotatable bonds is 5. The van der Waals surface area contributed by atoms with E-state index in [1.54, 1.807) is 17.0 Å². The summed E-state index contributed by atoms with van der Waals surface area (Å²) in [4.78, 5) is 29.3. The molecule has 5 nitrogen and oxygen atoms in total.